The quantitative estimate of drug-likeness (QED) is 0.252. The van der Waals surface area contributed by atoms with Gasteiger partial charge in [-0.1, -0.05) is 38.1 Å². The van der Waals surface area contributed by atoms with Gasteiger partial charge in [-0.2, -0.15) is 0 Å². The van der Waals surface area contributed by atoms with E-state index in [1.54, 1.807) is 30.4 Å². The maximum atomic E-state index is 12.5. The average molecular weight is 549 g/mol. The van der Waals surface area contributed by atoms with Crippen LogP contribution in [-0.4, -0.2) is 40.7 Å². The number of rotatable bonds is 7. The van der Waals surface area contributed by atoms with Crippen LogP contribution in [0.5, 0.6) is 5.75 Å². The van der Waals surface area contributed by atoms with Gasteiger partial charge in [0, 0.05) is 34.8 Å². The molecule has 0 bridgehead atoms. The number of aromatic nitrogens is 2. The normalized spacial score (nSPS) is 11.0. The van der Waals surface area contributed by atoms with Crippen molar-refractivity contribution < 1.29 is 14.3 Å². The number of ether oxygens (including phenoxy) is 2. The molecule has 2 aromatic carbocycles. The Kier molecular flexibility index (Phi) is 9.92. The van der Waals surface area contributed by atoms with Crippen molar-refractivity contribution in [3.63, 3.8) is 0 Å². The van der Waals surface area contributed by atoms with Gasteiger partial charge in [0.2, 0.25) is 0 Å². The molecular formula is C31H40N4O3S. The number of methoxy groups -OCH3 is 1. The van der Waals surface area contributed by atoms with Crippen molar-refractivity contribution >= 4 is 34.2 Å². The third-order valence-electron chi connectivity index (χ3n) is 5.81. The topological polar surface area (TPSA) is 76.6 Å². The summed E-state index contributed by atoms with van der Waals surface area (Å²) in [7, 11) is 3.43. The molecule has 4 rings (SSSR count). The molecule has 0 unspecified atom stereocenters. The highest BCUT2D eigenvalue weighted by atomic mass is 32.1. The van der Waals surface area contributed by atoms with Crippen molar-refractivity contribution in [2.24, 2.45) is 0 Å². The molecule has 208 valence electrons. The number of anilines is 1. The lowest BCUT2D eigenvalue weighted by Gasteiger charge is -2.25. The molecule has 7 nitrogen and oxygen atoms in total. The molecule has 0 radical (unpaired) electrons. The highest BCUT2D eigenvalue weighted by Gasteiger charge is 2.20. The fourth-order valence-corrected chi connectivity index (χ4v) is 5.09. The van der Waals surface area contributed by atoms with Gasteiger partial charge in [-0.25, -0.2) is 14.8 Å². The third kappa shape index (κ3) is 7.69. The van der Waals surface area contributed by atoms with Crippen LogP contribution in [0.3, 0.4) is 0 Å². The number of hydrogen-bond acceptors (Lipinski definition) is 7. The van der Waals surface area contributed by atoms with Gasteiger partial charge in [0.1, 0.15) is 23.0 Å². The summed E-state index contributed by atoms with van der Waals surface area (Å²) in [5, 5.41) is 4.48. The SMILES string of the molecule is CC.COc1cc2nc(C)nc(NCc3ccc(-c4ccccc4CN(C)C(=O)OC(C)(C)C)s3)c2cc1C. The van der Waals surface area contributed by atoms with E-state index in [2.05, 4.69) is 45.6 Å². The second-order valence-corrected chi connectivity index (χ2v) is 11.2. The molecule has 0 aliphatic heterocycles. The minimum atomic E-state index is -0.529. The van der Waals surface area contributed by atoms with Gasteiger partial charge in [0.15, 0.2) is 0 Å². The zero-order chi connectivity index (χ0) is 28.7. The summed E-state index contributed by atoms with van der Waals surface area (Å²) in [6.45, 7) is 14.6. The first-order valence-electron chi connectivity index (χ1n) is 13.2. The first-order valence-corrected chi connectivity index (χ1v) is 14.0. The van der Waals surface area contributed by atoms with E-state index in [0.29, 0.717) is 18.9 Å². The van der Waals surface area contributed by atoms with E-state index in [1.807, 2.05) is 66.7 Å². The molecule has 0 spiro atoms. The van der Waals surface area contributed by atoms with Crippen LogP contribution in [0.1, 0.15) is 56.4 Å². The minimum absolute atomic E-state index is 0.335. The Hall–Kier alpha value is -3.65. The number of carbonyl (C=O) groups is 1. The van der Waals surface area contributed by atoms with Crippen LogP contribution in [0.25, 0.3) is 21.3 Å². The molecule has 2 heterocycles. The molecule has 1 amide bonds. The number of thiophene rings is 1. The van der Waals surface area contributed by atoms with Crippen molar-refractivity contribution in [2.75, 3.05) is 19.5 Å². The van der Waals surface area contributed by atoms with Gasteiger partial charge in [-0.15, -0.1) is 11.3 Å². The average Bonchev–Trinajstić information content (AvgIpc) is 3.36. The standard InChI is InChI=1S/C29H34N4O3S.C2H6/c1-18-14-23-24(15-25(18)35-7)31-19(2)32-27(23)30-16-21-12-13-26(37-21)22-11-9-8-10-20(22)17-33(6)28(34)36-29(3,4)5;1-2/h8-15H,16-17H2,1-7H3,(H,30,31,32);1-2H3. The molecule has 0 saturated carbocycles. The minimum Gasteiger partial charge on any atom is -0.496 e. The third-order valence-corrected chi connectivity index (χ3v) is 6.93. The molecule has 4 aromatic rings. The maximum absolute atomic E-state index is 12.5. The molecule has 0 aliphatic carbocycles. The van der Waals surface area contributed by atoms with Gasteiger partial charge < -0.3 is 19.7 Å². The molecule has 0 aliphatic rings. The van der Waals surface area contributed by atoms with Gasteiger partial charge in [0.05, 0.1) is 19.2 Å². The summed E-state index contributed by atoms with van der Waals surface area (Å²) in [6.07, 6.45) is -0.335. The molecule has 0 atom stereocenters. The molecule has 2 aromatic heterocycles. The molecule has 0 fully saturated rings. The Labute approximate surface area is 236 Å². The zero-order valence-corrected chi connectivity index (χ0v) is 25.3. The maximum Gasteiger partial charge on any atom is 0.410 e. The number of nitrogens with zero attached hydrogens (tertiary/aromatic N) is 3. The molecule has 1 N–H and O–H groups in total. The van der Waals surface area contributed by atoms with Crippen LogP contribution in [0.4, 0.5) is 10.6 Å². The van der Waals surface area contributed by atoms with Crippen LogP contribution in [-0.2, 0) is 17.8 Å². The fourth-order valence-electron chi connectivity index (χ4n) is 4.08. The fraction of sp³-hybridized carbons (Fsp3) is 0.387. The highest BCUT2D eigenvalue weighted by Crippen LogP contribution is 2.33. The number of carbonyl (C=O) groups excluding carboxylic acids is 1. The van der Waals surface area contributed by atoms with Crippen LogP contribution >= 0.6 is 11.3 Å². The summed E-state index contributed by atoms with van der Waals surface area (Å²) in [5.74, 6) is 2.33. The van der Waals surface area contributed by atoms with E-state index in [9.17, 15) is 4.79 Å². The van der Waals surface area contributed by atoms with Crippen molar-refractivity contribution in [1.29, 1.82) is 0 Å². The summed E-state index contributed by atoms with van der Waals surface area (Å²) in [4.78, 5) is 25.7. The lowest BCUT2D eigenvalue weighted by Crippen LogP contribution is -2.33. The van der Waals surface area contributed by atoms with E-state index in [0.717, 1.165) is 44.0 Å². The van der Waals surface area contributed by atoms with Gasteiger partial charge >= 0.3 is 6.09 Å². The molecular weight excluding hydrogens is 508 g/mol. The van der Waals surface area contributed by atoms with E-state index in [1.165, 1.54) is 4.88 Å². The van der Waals surface area contributed by atoms with Crippen LogP contribution in [0.15, 0.2) is 48.5 Å². The van der Waals surface area contributed by atoms with Crippen LogP contribution < -0.4 is 10.1 Å². The number of aryl methyl sites for hydroxylation is 2. The second kappa shape index (κ2) is 12.9. The van der Waals surface area contributed by atoms with Gasteiger partial charge in [0.25, 0.3) is 0 Å². The van der Waals surface area contributed by atoms with Gasteiger partial charge in [-0.3, -0.25) is 0 Å². The number of amides is 1. The van der Waals surface area contributed by atoms with Crippen molar-refractivity contribution in [2.45, 2.75) is 67.2 Å². The van der Waals surface area contributed by atoms with Crippen molar-refractivity contribution in [3.05, 3.63) is 70.4 Å². The number of nitrogens with one attached hydrogen (secondary N) is 1. The Balaban J connectivity index is 0.00000205. The number of fused-ring (bicyclic) bond motifs is 1. The highest BCUT2D eigenvalue weighted by molar-refractivity contribution is 7.15. The molecule has 0 saturated heterocycles. The Bertz CT molecular complexity index is 1430. The summed E-state index contributed by atoms with van der Waals surface area (Å²) < 4.78 is 11.0. The number of hydrogen-bond donors (Lipinski definition) is 1. The summed E-state index contributed by atoms with van der Waals surface area (Å²) >= 11 is 1.72. The Morgan fingerprint density at radius 2 is 1.77 bits per heavy atom. The largest absolute Gasteiger partial charge is 0.496 e. The van der Waals surface area contributed by atoms with Gasteiger partial charge in [-0.05, 0) is 69.5 Å². The monoisotopic (exact) mass is 548 g/mol. The second-order valence-electron chi connectivity index (χ2n) is 10.1. The first kappa shape index (κ1) is 29.9. The smallest absolute Gasteiger partial charge is 0.410 e. The van der Waals surface area contributed by atoms with E-state index >= 15 is 0 Å². The number of benzene rings is 2. The predicted octanol–water partition coefficient (Wildman–Crippen LogP) is 7.99. The molecule has 8 heteroatoms. The molecule has 39 heavy (non-hydrogen) atoms. The Morgan fingerprint density at radius 1 is 1.05 bits per heavy atom. The lowest BCUT2D eigenvalue weighted by molar-refractivity contribution is 0.0285. The van der Waals surface area contributed by atoms with Crippen molar-refractivity contribution in [1.82, 2.24) is 14.9 Å². The van der Waals surface area contributed by atoms with Crippen LogP contribution in [0, 0.1) is 13.8 Å². The first-order chi connectivity index (χ1) is 18.5. The Morgan fingerprint density at radius 3 is 2.46 bits per heavy atom. The summed E-state index contributed by atoms with van der Waals surface area (Å²) in [6, 6.07) is 16.5. The van der Waals surface area contributed by atoms with E-state index in [4.69, 9.17) is 9.47 Å². The summed E-state index contributed by atoms with van der Waals surface area (Å²) in [5.41, 5.74) is 3.54. The van der Waals surface area contributed by atoms with E-state index in [-0.39, 0.29) is 6.09 Å². The van der Waals surface area contributed by atoms with Crippen LogP contribution in [0.2, 0.25) is 0 Å². The van der Waals surface area contributed by atoms with Crippen molar-refractivity contribution in [3.8, 4) is 16.2 Å². The zero-order valence-electron chi connectivity index (χ0n) is 24.5. The lowest BCUT2D eigenvalue weighted by atomic mass is 10.1. The van der Waals surface area contributed by atoms with E-state index < -0.39 is 5.60 Å². The predicted molar refractivity (Wildman–Crippen MR) is 162 cm³/mol.